The van der Waals surface area contributed by atoms with Gasteiger partial charge >= 0.3 is 0 Å². The minimum Gasteiger partial charge on any atom is -0.493 e. The lowest BCUT2D eigenvalue weighted by atomic mass is 10.2. The molecular weight excluding hydrogens is 200 g/mol. The van der Waals surface area contributed by atoms with E-state index in [4.69, 9.17) is 27.5 Å². The van der Waals surface area contributed by atoms with Gasteiger partial charge in [0, 0.05) is 11.4 Å². The van der Waals surface area contributed by atoms with Crippen molar-refractivity contribution in [3.8, 4) is 5.75 Å². The summed E-state index contributed by atoms with van der Waals surface area (Å²) in [4.78, 5) is 0. The Hall–Kier alpha value is -1.22. The lowest BCUT2D eigenvalue weighted by Crippen LogP contribution is -2.14. The molecule has 0 spiro atoms. The fourth-order valence-corrected chi connectivity index (χ4v) is 1.16. The number of nitrogens with one attached hydrogen (secondary N) is 1. The highest BCUT2D eigenvalue weighted by atomic mass is 35.5. The van der Waals surface area contributed by atoms with Gasteiger partial charge in [-0.05, 0) is 24.6 Å². The minimum absolute atomic E-state index is 0.129. The second kappa shape index (κ2) is 4.86. The van der Waals surface area contributed by atoms with E-state index in [9.17, 15) is 0 Å². The van der Waals surface area contributed by atoms with Crippen molar-refractivity contribution in [2.75, 3.05) is 6.61 Å². The summed E-state index contributed by atoms with van der Waals surface area (Å²) >= 11 is 5.81. The van der Waals surface area contributed by atoms with E-state index in [0.717, 1.165) is 11.3 Å². The van der Waals surface area contributed by atoms with Crippen LogP contribution >= 0.6 is 11.6 Å². The van der Waals surface area contributed by atoms with Crippen LogP contribution in [0.5, 0.6) is 5.75 Å². The molecule has 0 bridgehead atoms. The van der Waals surface area contributed by atoms with Crippen LogP contribution in [0, 0.1) is 12.3 Å². The van der Waals surface area contributed by atoms with Crippen LogP contribution in [0.3, 0.4) is 0 Å². The van der Waals surface area contributed by atoms with Gasteiger partial charge in [-0.1, -0.05) is 17.7 Å². The molecule has 0 saturated heterocycles. The number of aryl methyl sites for hydroxylation is 1. The zero-order chi connectivity index (χ0) is 10.6. The van der Waals surface area contributed by atoms with Crippen LogP contribution < -0.4 is 10.5 Å². The highest BCUT2D eigenvalue weighted by molar-refractivity contribution is 6.30. The Labute approximate surface area is 88.3 Å². The van der Waals surface area contributed by atoms with Gasteiger partial charge in [0.05, 0.1) is 12.4 Å². The second-order valence-corrected chi connectivity index (χ2v) is 3.47. The number of nitrogens with two attached hydrogens (primary N) is 1. The number of benzene rings is 1. The number of amidine groups is 1. The van der Waals surface area contributed by atoms with Crippen LogP contribution in [0.1, 0.15) is 12.0 Å². The van der Waals surface area contributed by atoms with Gasteiger partial charge < -0.3 is 10.5 Å². The summed E-state index contributed by atoms with van der Waals surface area (Å²) in [6.07, 6.45) is 0.436. The molecule has 1 rings (SSSR count). The first-order valence-electron chi connectivity index (χ1n) is 4.31. The Morgan fingerprint density at radius 2 is 2.29 bits per heavy atom. The third-order valence-corrected chi connectivity index (χ3v) is 2.01. The van der Waals surface area contributed by atoms with E-state index in [-0.39, 0.29) is 5.84 Å². The van der Waals surface area contributed by atoms with Crippen LogP contribution in [0.25, 0.3) is 0 Å². The van der Waals surface area contributed by atoms with E-state index in [2.05, 4.69) is 0 Å². The van der Waals surface area contributed by atoms with Gasteiger partial charge in [-0.2, -0.15) is 0 Å². The molecule has 0 saturated carbocycles. The average Bonchev–Trinajstić information content (AvgIpc) is 2.10. The Bertz CT molecular complexity index is 339. The average molecular weight is 213 g/mol. The maximum atomic E-state index is 7.03. The van der Waals surface area contributed by atoms with Crippen molar-refractivity contribution < 1.29 is 4.74 Å². The summed E-state index contributed by atoms with van der Waals surface area (Å²) < 4.78 is 5.42. The first kappa shape index (κ1) is 10.9. The van der Waals surface area contributed by atoms with Crippen molar-refractivity contribution in [2.45, 2.75) is 13.3 Å². The summed E-state index contributed by atoms with van der Waals surface area (Å²) in [6, 6.07) is 5.47. The molecule has 0 aliphatic carbocycles. The smallest absolute Gasteiger partial charge is 0.123 e. The summed E-state index contributed by atoms with van der Waals surface area (Å²) in [5.41, 5.74) is 6.23. The molecule has 0 radical (unpaired) electrons. The van der Waals surface area contributed by atoms with Crippen LogP contribution in [0.2, 0.25) is 5.02 Å². The van der Waals surface area contributed by atoms with Crippen molar-refractivity contribution in [1.82, 2.24) is 0 Å². The van der Waals surface area contributed by atoms with E-state index in [0.29, 0.717) is 18.1 Å². The largest absolute Gasteiger partial charge is 0.493 e. The molecule has 3 nitrogen and oxygen atoms in total. The van der Waals surface area contributed by atoms with Gasteiger partial charge in [0.25, 0.3) is 0 Å². The Morgan fingerprint density at radius 3 is 2.93 bits per heavy atom. The zero-order valence-corrected chi connectivity index (χ0v) is 8.77. The highest BCUT2D eigenvalue weighted by Crippen LogP contribution is 2.22. The summed E-state index contributed by atoms with van der Waals surface area (Å²) in [5.74, 6) is 0.878. The molecule has 0 aliphatic rings. The van der Waals surface area contributed by atoms with Gasteiger partial charge in [0.1, 0.15) is 5.75 Å². The van der Waals surface area contributed by atoms with Crippen molar-refractivity contribution >= 4 is 17.4 Å². The highest BCUT2D eigenvalue weighted by Gasteiger charge is 2.00. The van der Waals surface area contributed by atoms with Crippen molar-refractivity contribution in [1.29, 1.82) is 5.41 Å². The Balaban J connectivity index is 2.57. The quantitative estimate of drug-likeness (QED) is 0.595. The van der Waals surface area contributed by atoms with Gasteiger partial charge in [-0.25, -0.2) is 0 Å². The SMILES string of the molecule is Cc1ccc(Cl)cc1OCCC(=N)N. The maximum Gasteiger partial charge on any atom is 0.123 e. The third-order valence-electron chi connectivity index (χ3n) is 1.78. The predicted octanol–water partition coefficient (Wildman–Crippen LogP) is 2.35. The molecule has 76 valence electrons. The molecule has 0 amide bonds. The predicted molar refractivity (Wildman–Crippen MR) is 58.2 cm³/mol. The van der Waals surface area contributed by atoms with E-state index >= 15 is 0 Å². The summed E-state index contributed by atoms with van der Waals surface area (Å²) in [5, 5.41) is 7.67. The molecule has 1 aromatic carbocycles. The summed E-state index contributed by atoms with van der Waals surface area (Å²) in [6.45, 7) is 2.36. The van der Waals surface area contributed by atoms with E-state index in [1.165, 1.54) is 0 Å². The van der Waals surface area contributed by atoms with E-state index in [1.54, 1.807) is 6.07 Å². The van der Waals surface area contributed by atoms with Crippen molar-refractivity contribution in [2.24, 2.45) is 5.73 Å². The number of hydrogen-bond acceptors (Lipinski definition) is 2. The third kappa shape index (κ3) is 3.26. The lowest BCUT2D eigenvalue weighted by molar-refractivity contribution is 0.326. The molecule has 3 N–H and O–H groups in total. The molecule has 0 unspecified atom stereocenters. The molecule has 1 aromatic rings. The number of hydrogen-bond donors (Lipinski definition) is 2. The summed E-state index contributed by atoms with van der Waals surface area (Å²) in [7, 11) is 0. The van der Waals surface area contributed by atoms with Crippen molar-refractivity contribution in [3.63, 3.8) is 0 Å². The minimum atomic E-state index is 0.129. The van der Waals surface area contributed by atoms with Crippen LogP contribution in [0.15, 0.2) is 18.2 Å². The second-order valence-electron chi connectivity index (χ2n) is 3.03. The first-order valence-corrected chi connectivity index (χ1v) is 4.69. The molecular formula is C10H13ClN2O. The fraction of sp³-hybridized carbons (Fsp3) is 0.300. The van der Waals surface area contributed by atoms with Crippen LogP contribution in [-0.2, 0) is 0 Å². The maximum absolute atomic E-state index is 7.03. The topological polar surface area (TPSA) is 59.1 Å². The lowest BCUT2D eigenvalue weighted by Gasteiger charge is -2.08. The van der Waals surface area contributed by atoms with Crippen LogP contribution in [0.4, 0.5) is 0 Å². The molecule has 0 fully saturated rings. The molecule has 4 heteroatoms. The van der Waals surface area contributed by atoms with Crippen LogP contribution in [-0.4, -0.2) is 12.4 Å². The monoisotopic (exact) mass is 212 g/mol. The Kier molecular flexibility index (Phi) is 3.77. The van der Waals surface area contributed by atoms with E-state index in [1.807, 2.05) is 19.1 Å². The number of rotatable bonds is 4. The molecule has 0 atom stereocenters. The molecule has 0 heterocycles. The standard InChI is InChI=1S/C10H13ClN2O/c1-7-2-3-8(11)6-9(7)14-5-4-10(12)13/h2-3,6H,4-5H2,1H3,(H3,12,13). The number of ether oxygens (including phenoxy) is 1. The molecule has 0 aromatic heterocycles. The van der Waals surface area contributed by atoms with Crippen molar-refractivity contribution in [3.05, 3.63) is 28.8 Å². The fourth-order valence-electron chi connectivity index (χ4n) is 1.00. The van der Waals surface area contributed by atoms with Gasteiger partial charge in [-0.15, -0.1) is 0 Å². The zero-order valence-electron chi connectivity index (χ0n) is 8.01. The van der Waals surface area contributed by atoms with E-state index < -0.39 is 0 Å². The Morgan fingerprint density at radius 1 is 1.57 bits per heavy atom. The first-order chi connectivity index (χ1) is 6.59. The normalized spacial score (nSPS) is 9.86. The van der Waals surface area contributed by atoms with Gasteiger partial charge in [-0.3, -0.25) is 5.41 Å². The number of halogens is 1. The van der Waals surface area contributed by atoms with Gasteiger partial charge in [0.2, 0.25) is 0 Å². The molecule has 14 heavy (non-hydrogen) atoms. The molecule has 0 aliphatic heterocycles. The van der Waals surface area contributed by atoms with Gasteiger partial charge in [0.15, 0.2) is 0 Å².